The maximum atomic E-state index is 12.4. The average molecular weight is 295 g/mol. The highest BCUT2D eigenvalue weighted by atomic mass is 16.2. The van der Waals surface area contributed by atoms with E-state index in [-0.39, 0.29) is 23.8 Å². The molecule has 0 bridgehead atoms. The number of piperidine rings is 1. The molecule has 120 valence electrons. The van der Waals surface area contributed by atoms with Crippen molar-refractivity contribution >= 4 is 11.8 Å². The molecule has 1 saturated carbocycles. The van der Waals surface area contributed by atoms with Crippen molar-refractivity contribution in [2.75, 3.05) is 13.1 Å². The molecule has 3 N–H and O–H groups in total. The molecule has 0 spiro atoms. The lowest BCUT2D eigenvalue weighted by molar-refractivity contribution is -0.136. The second kappa shape index (κ2) is 7.78. The summed E-state index contributed by atoms with van der Waals surface area (Å²) in [5.74, 6) is 0.290. The number of carbonyl (C=O) groups is 2. The molecule has 0 aromatic carbocycles. The van der Waals surface area contributed by atoms with Crippen molar-refractivity contribution in [1.82, 2.24) is 10.2 Å². The number of carbonyl (C=O) groups excluding carboxylic acids is 2. The maximum absolute atomic E-state index is 12.4. The van der Waals surface area contributed by atoms with Gasteiger partial charge in [-0.1, -0.05) is 6.92 Å². The number of hydrogen-bond donors (Lipinski definition) is 2. The Labute approximate surface area is 127 Å². The monoisotopic (exact) mass is 295 g/mol. The fourth-order valence-electron chi connectivity index (χ4n) is 3.37. The number of nitrogens with one attached hydrogen (secondary N) is 1. The van der Waals surface area contributed by atoms with Gasteiger partial charge in [-0.05, 0) is 44.9 Å². The molecule has 1 heterocycles. The van der Waals surface area contributed by atoms with Gasteiger partial charge in [-0.3, -0.25) is 9.59 Å². The molecule has 5 nitrogen and oxygen atoms in total. The van der Waals surface area contributed by atoms with Crippen molar-refractivity contribution in [3.63, 3.8) is 0 Å². The highest BCUT2D eigenvalue weighted by Crippen LogP contribution is 2.21. The lowest BCUT2D eigenvalue weighted by atomic mass is 9.90. The Kier molecular flexibility index (Phi) is 6.03. The predicted octanol–water partition coefficient (Wildman–Crippen LogP) is 1.41. The van der Waals surface area contributed by atoms with Gasteiger partial charge in [0.25, 0.3) is 0 Å². The Hall–Kier alpha value is -1.10. The summed E-state index contributed by atoms with van der Waals surface area (Å²) in [6, 6.07) is 0.578. The van der Waals surface area contributed by atoms with Crippen LogP contribution in [0.4, 0.5) is 0 Å². The molecule has 21 heavy (non-hydrogen) atoms. The fraction of sp³-hybridized carbons (Fsp3) is 0.875. The molecule has 2 fully saturated rings. The zero-order chi connectivity index (χ0) is 15.2. The van der Waals surface area contributed by atoms with Crippen molar-refractivity contribution in [1.29, 1.82) is 0 Å². The number of hydrogen-bond acceptors (Lipinski definition) is 3. The van der Waals surface area contributed by atoms with Crippen LogP contribution in [0.1, 0.15) is 58.3 Å². The first-order chi connectivity index (χ1) is 10.1. The van der Waals surface area contributed by atoms with E-state index < -0.39 is 0 Å². The van der Waals surface area contributed by atoms with Gasteiger partial charge in [-0.25, -0.2) is 0 Å². The Morgan fingerprint density at radius 3 is 2.57 bits per heavy atom. The van der Waals surface area contributed by atoms with E-state index in [9.17, 15) is 9.59 Å². The quantitative estimate of drug-likeness (QED) is 0.823. The first-order valence-electron chi connectivity index (χ1n) is 8.44. The van der Waals surface area contributed by atoms with Crippen LogP contribution in [0.25, 0.3) is 0 Å². The van der Waals surface area contributed by atoms with E-state index in [4.69, 9.17) is 5.73 Å². The van der Waals surface area contributed by atoms with Crippen LogP contribution in [0.15, 0.2) is 0 Å². The van der Waals surface area contributed by atoms with Gasteiger partial charge >= 0.3 is 0 Å². The highest BCUT2D eigenvalue weighted by molar-refractivity contribution is 5.81. The third-order valence-electron chi connectivity index (χ3n) is 4.73. The molecule has 0 radical (unpaired) electrons. The summed E-state index contributed by atoms with van der Waals surface area (Å²) < 4.78 is 0. The summed E-state index contributed by atoms with van der Waals surface area (Å²) in [5.41, 5.74) is 5.89. The first-order valence-corrected chi connectivity index (χ1v) is 8.44. The minimum Gasteiger partial charge on any atom is -0.353 e. The predicted molar refractivity (Wildman–Crippen MR) is 82.6 cm³/mol. The Morgan fingerprint density at radius 1 is 1.19 bits per heavy atom. The van der Waals surface area contributed by atoms with Gasteiger partial charge in [-0.15, -0.1) is 0 Å². The van der Waals surface area contributed by atoms with Crippen molar-refractivity contribution in [2.24, 2.45) is 11.7 Å². The molecule has 1 unspecified atom stereocenters. The van der Waals surface area contributed by atoms with Gasteiger partial charge in [-0.2, -0.15) is 0 Å². The molecule has 2 amide bonds. The third-order valence-corrected chi connectivity index (χ3v) is 4.73. The van der Waals surface area contributed by atoms with E-state index in [1.165, 1.54) is 0 Å². The first kappa shape index (κ1) is 16.3. The van der Waals surface area contributed by atoms with E-state index in [0.29, 0.717) is 19.0 Å². The normalized spacial score (nSPS) is 30.0. The van der Waals surface area contributed by atoms with Crippen molar-refractivity contribution in [2.45, 2.75) is 70.4 Å². The number of likely N-dealkylation sites (tertiary alicyclic amines) is 1. The maximum Gasteiger partial charge on any atom is 0.225 e. The minimum absolute atomic E-state index is 0.0323. The highest BCUT2D eigenvalue weighted by Gasteiger charge is 2.29. The van der Waals surface area contributed by atoms with Crippen molar-refractivity contribution < 1.29 is 9.59 Å². The number of nitrogens with two attached hydrogens (primary N) is 1. The largest absolute Gasteiger partial charge is 0.353 e. The molecule has 0 aromatic heterocycles. The molecule has 1 saturated heterocycles. The fourth-order valence-corrected chi connectivity index (χ4v) is 3.37. The minimum atomic E-state index is -0.0323. The zero-order valence-electron chi connectivity index (χ0n) is 13.1. The SMILES string of the molecule is CCCC(=O)N1CCCC(C(=O)NC2CCC(N)CC2)C1. The van der Waals surface area contributed by atoms with Crippen molar-refractivity contribution in [3.05, 3.63) is 0 Å². The Bertz CT molecular complexity index is 365. The van der Waals surface area contributed by atoms with Crippen LogP contribution in [0, 0.1) is 5.92 Å². The molecular formula is C16H29N3O2. The summed E-state index contributed by atoms with van der Waals surface area (Å²) in [6.07, 6.45) is 7.25. The summed E-state index contributed by atoms with van der Waals surface area (Å²) in [6.45, 7) is 3.41. The molecule has 2 aliphatic rings. The topological polar surface area (TPSA) is 75.4 Å². The molecule has 1 aliphatic heterocycles. The molecule has 1 aliphatic carbocycles. The summed E-state index contributed by atoms with van der Waals surface area (Å²) >= 11 is 0. The van der Waals surface area contributed by atoms with Crippen LogP contribution in [0.2, 0.25) is 0 Å². The Morgan fingerprint density at radius 2 is 1.90 bits per heavy atom. The van der Waals surface area contributed by atoms with E-state index in [1.54, 1.807) is 0 Å². The van der Waals surface area contributed by atoms with E-state index in [0.717, 1.165) is 51.5 Å². The smallest absolute Gasteiger partial charge is 0.225 e. The number of amides is 2. The van der Waals surface area contributed by atoms with Gasteiger partial charge < -0.3 is 16.0 Å². The molecule has 1 atom stereocenters. The molecule has 0 aromatic rings. The van der Waals surface area contributed by atoms with Crippen LogP contribution in [0.5, 0.6) is 0 Å². The number of nitrogens with zero attached hydrogens (tertiary/aromatic N) is 1. The van der Waals surface area contributed by atoms with Crippen LogP contribution < -0.4 is 11.1 Å². The van der Waals surface area contributed by atoms with Gasteiger partial charge in [0.1, 0.15) is 0 Å². The lowest BCUT2D eigenvalue weighted by Gasteiger charge is -2.34. The van der Waals surface area contributed by atoms with E-state index >= 15 is 0 Å². The molecule has 5 heteroatoms. The lowest BCUT2D eigenvalue weighted by Crippen LogP contribution is -2.48. The third kappa shape index (κ3) is 4.70. The summed E-state index contributed by atoms with van der Waals surface area (Å²) in [7, 11) is 0. The van der Waals surface area contributed by atoms with Crippen molar-refractivity contribution in [3.8, 4) is 0 Å². The summed E-state index contributed by atoms with van der Waals surface area (Å²) in [5, 5.41) is 3.17. The summed E-state index contributed by atoms with van der Waals surface area (Å²) in [4.78, 5) is 26.2. The van der Waals surface area contributed by atoms with Gasteiger partial charge in [0.2, 0.25) is 11.8 Å². The average Bonchev–Trinajstić information content (AvgIpc) is 2.50. The standard InChI is InChI=1S/C16H29N3O2/c1-2-4-15(20)19-10-3-5-12(11-19)16(21)18-14-8-6-13(17)7-9-14/h12-14H,2-11,17H2,1H3,(H,18,21). The second-order valence-electron chi connectivity index (χ2n) is 6.55. The molecule has 2 rings (SSSR count). The van der Waals surface area contributed by atoms with Gasteiger partial charge in [0, 0.05) is 31.6 Å². The van der Waals surface area contributed by atoms with Crippen LogP contribution in [0.3, 0.4) is 0 Å². The van der Waals surface area contributed by atoms with Crippen LogP contribution >= 0.6 is 0 Å². The second-order valence-corrected chi connectivity index (χ2v) is 6.55. The zero-order valence-corrected chi connectivity index (χ0v) is 13.1. The van der Waals surface area contributed by atoms with Gasteiger partial charge in [0.05, 0.1) is 5.92 Å². The Balaban J connectivity index is 1.80. The van der Waals surface area contributed by atoms with Gasteiger partial charge in [0.15, 0.2) is 0 Å². The van der Waals surface area contributed by atoms with Crippen LogP contribution in [-0.2, 0) is 9.59 Å². The van der Waals surface area contributed by atoms with E-state index in [1.807, 2.05) is 11.8 Å². The molecular weight excluding hydrogens is 266 g/mol. The van der Waals surface area contributed by atoms with E-state index in [2.05, 4.69) is 5.32 Å². The van der Waals surface area contributed by atoms with Crippen LogP contribution in [-0.4, -0.2) is 41.9 Å². The number of rotatable bonds is 4.